The van der Waals surface area contributed by atoms with Gasteiger partial charge in [-0.05, 0) is 27.2 Å². The minimum absolute atomic E-state index is 0. The highest BCUT2D eigenvalue weighted by Gasteiger charge is 2.43. The lowest BCUT2D eigenvalue weighted by Crippen LogP contribution is -2.48. The fourth-order valence-electron chi connectivity index (χ4n) is 4.06. The number of phenols is 1. The van der Waals surface area contributed by atoms with Crippen LogP contribution >= 0.6 is 0 Å². The summed E-state index contributed by atoms with van der Waals surface area (Å²) in [4.78, 5) is 38.7. The van der Waals surface area contributed by atoms with E-state index in [1.807, 2.05) is 6.92 Å². The molecule has 13 nitrogen and oxygen atoms in total. The van der Waals surface area contributed by atoms with Crippen molar-refractivity contribution in [3.05, 3.63) is 17.4 Å². The van der Waals surface area contributed by atoms with Crippen LogP contribution in [0.1, 0.15) is 46.1 Å². The smallest absolute Gasteiger partial charge is 0.412 e. The van der Waals surface area contributed by atoms with Crippen molar-refractivity contribution in [1.29, 1.82) is 0 Å². The van der Waals surface area contributed by atoms with Crippen molar-refractivity contribution in [2.24, 2.45) is 0 Å². The van der Waals surface area contributed by atoms with Gasteiger partial charge in [0, 0.05) is 31.1 Å². The first kappa shape index (κ1) is 28.9. The molecule has 0 unspecified atom stereocenters. The molecule has 0 spiro atoms. The van der Waals surface area contributed by atoms with E-state index in [4.69, 9.17) is 4.74 Å². The van der Waals surface area contributed by atoms with Gasteiger partial charge in [-0.1, -0.05) is 13.3 Å². The molecule has 1 atom stereocenters. The molecule has 2 aliphatic rings. The minimum atomic E-state index is -4.42. The number of amides is 3. The lowest BCUT2D eigenvalue weighted by atomic mass is 10.1. The van der Waals surface area contributed by atoms with E-state index >= 15 is 4.39 Å². The number of unbranched alkanes of at least 4 members (excludes halogenated alkanes) is 1. The van der Waals surface area contributed by atoms with Crippen molar-refractivity contribution in [2.45, 2.75) is 58.6 Å². The Morgan fingerprint density at radius 3 is 2.47 bits per heavy atom. The van der Waals surface area contributed by atoms with E-state index in [1.165, 1.54) is 4.90 Å². The number of anilines is 2. The number of benzene rings is 1. The van der Waals surface area contributed by atoms with Crippen LogP contribution in [0.15, 0.2) is 6.07 Å². The van der Waals surface area contributed by atoms with Crippen LogP contribution in [-0.2, 0) is 26.2 Å². The van der Waals surface area contributed by atoms with E-state index in [-0.39, 0.29) is 36.9 Å². The zero-order valence-electron chi connectivity index (χ0n) is 20.6. The Morgan fingerprint density at radius 2 is 1.97 bits per heavy atom. The van der Waals surface area contributed by atoms with Gasteiger partial charge in [0.25, 0.3) is 5.91 Å². The molecule has 2 aliphatic heterocycles. The molecule has 36 heavy (non-hydrogen) atoms. The molecule has 3 rings (SSSR count). The number of carbonyl (C=O) groups is 3. The summed E-state index contributed by atoms with van der Waals surface area (Å²) in [5.41, 5.74) is -1.86. The number of phenolic OH excluding ortho intramolecular Hbond substituents is 1. The zero-order valence-corrected chi connectivity index (χ0v) is 21.4. The monoisotopic (exact) mass is 533 g/mol. The van der Waals surface area contributed by atoms with Crippen molar-refractivity contribution in [3.8, 4) is 5.75 Å². The summed E-state index contributed by atoms with van der Waals surface area (Å²) >= 11 is 0. The molecule has 0 saturated carbocycles. The Kier molecular flexibility index (Phi) is 8.30. The average Bonchev–Trinajstić information content (AvgIpc) is 3.19. The number of hydrogen-bond donors (Lipinski definition) is 4. The van der Waals surface area contributed by atoms with Crippen molar-refractivity contribution in [3.63, 3.8) is 0 Å². The molecule has 1 fully saturated rings. The molecule has 6 N–H and O–H groups in total. The third-order valence-corrected chi connectivity index (χ3v) is 6.88. The van der Waals surface area contributed by atoms with Gasteiger partial charge in [-0.25, -0.2) is 23.0 Å². The zero-order chi connectivity index (χ0) is 26.3. The lowest BCUT2D eigenvalue weighted by Gasteiger charge is -2.31. The maximum atomic E-state index is 15.6. The van der Waals surface area contributed by atoms with Crippen molar-refractivity contribution >= 4 is 39.7 Å². The van der Waals surface area contributed by atoms with Gasteiger partial charge in [-0.3, -0.25) is 9.69 Å². The number of halogens is 1. The summed E-state index contributed by atoms with van der Waals surface area (Å²) in [6.07, 6.45) is -0.898. The fraction of sp³-hybridized carbons (Fsp3) is 0.571. The molecular weight excluding hydrogens is 501 g/mol. The number of fused-ring (bicyclic) bond motifs is 1. The summed E-state index contributed by atoms with van der Waals surface area (Å²) in [6, 6.07) is 0.0234. The predicted octanol–water partition coefficient (Wildman–Crippen LogP) is 2.32. The van der Waals surface area contributed by atoms with Crippen molar-refractivity contribution < 1.29 is 42.1 Å². The summed E-state index contributed by atoms with van der Waals surface area (Å²) in [6.45, 7) is 6.45. The van der Waals surface area contributed by atoms with Crippen LogP contribution in [0.25, 0.3) is 0 Å². The third-order valence-electron chi connectivity index (χ3n) is 5.50. The molecule has 2 heterocycles. The molecule has 0 bridgehead atoms. The Hall–Kier alpha value is -3.33. The fourth-order valence-corrected chi connectivity index (χ4v) is 5.22. The first-order valence-electron chi connectivity index (χ1n) is 11.0. The van der Waals surface area contributed by atoms with Crippen molar-refractivity contribution in [2.75, 3.05) is 28.8 Å². The number of hydrogen-bond acceptors (Lipinski definition) is 8. The number of nitrogens with zero attached hydrogens (tertiary/aromatic N) is 3. The van der Waals surface area contributed by atoms with Crippen LogP contribution in [0.4, 0.5) is 25.4 Å². The average molecular weight is 534 g/mol. The summed E-state index contributed by atoms with van der Waals surface area (Å²) < 4.78 is 47.5. The standard InChI is InChI=1S/C21H29FN4O8S.H3N/c1-5-6-7-24(20(31)34-21(2,3)4)10-12-8-13-14(26(12)19(29)30)9-15(27)18(17(13)22)25-11-16(28)23-35(25,32)33;/h9,12,27H,5-8,10-11H2,1-4H3,(H,23,28)(H,29,30);1H3/t12-;/m1./s1. The van der Waals surface area contributed by atoms with Gasteiger partial charge in [-0.15, -0.1) is 0 Å². The highest BCUT2D eigenvalue weighted by molar-refractivity contribution is 7.92. The molecule has 0 aliphatic carbocycles. The summed E-state index contributed by atoms with van der Waals surface area (Å²) in [7, 11) is -4.42. The molecular formula is C21H32FN5O8S. The lowest BCUT2D eigenvalue weighted by molar-refractivity contribution is -0.117. The van der Waals surface area contributed by atoms with E-state index in [9.17, 15) is 33.0 Å². The number of carboxylic acid groups (broad SMARTS) is 1. The number of ether oxygens (including phenoxy) is 1. The second kappa shape index (κ2) is 10.3. The van der Waals surface area contributed by atoms with Gasteiger partial charge in [0.15, 0.2) is 5.82 Å². The van der Waals surface area contributed by atoms with Gasteiger partial charge in [0.1, 0.15) is 23.6 Å². The number of carbonyl (C=O) groups excluding carboxylic acids is 2. The topological polar surface area (TPSA) is 192 Å². The maximum absolute atomic E-state index is 15.6. The van der Waals surface area contributed by atoms with Crippen LogP contribution in [0.2, 0.25) is 0 Å². The number of aromatic hydroxyl groups is 1. The van der Waals surface area contributed by atoms with Gasteiger partial charge < -0.3 is 26.0 Å². The maximum Gasteiger partial charge on any atom is 0.412 e. The molecule has 1 saturated heterocycles. The third kappa shape index (κ3) is 5.73. The first-order chi connectivity index (χ1) is 16.2. The molecule has 0 radical (unpaired) electrons. The largest absolute Gasteiger partial charge is 0.506 e. The second-order valence-electron chi connectivity index (χ2n) is 9.38. The van der Waals surface area contributed by atoms with E-state index < -0.39 is 63.7 Å². The van der Waals surface area contributed by atoms with Crippen LogP contribution < -0.4 is 20.1 Å². The summed E-state index contributed by atoms with van der Waals surface area (Å²) in [5.74, 6) is -2.91. The van der Waals surface area contributed by atoms with Gasteiger partial charge in [0.05, 0.1) is 11.7 Å². The predicted molar refractivity (Wildman–Crippen MR) is 128 cm³/mol. The normalized spacial score (nSPS) is 18.4. The van der Waals surface area contributed by atoms with Gasteiger partial charge >= 0.3 is 22.4 Å². The molecule has 202 valence electrons. The van der Waals surface area contributed by atoms with Crippen LogP contribution in [-0.4, -0.2) is 72.9 Å². The Balaban J connectivity index is 0.00000456. The highest BCUT2D eigenvalue weighted by Crippen LogP contribution is 2.44. The van der Waals surface area contributed by atoms with Crippen LogP contribution in [0.5, 0.6) is 5.75 Å². The molecule has 3 amide bonds. The Labute approximate surface area is 208 Å². The molecule has 1 aromatic rings. The molecule has 0 aromatic heterocycles. The number of rotatable bonds is 6. The first-order valence-corrected chi connectivity index (χ1v) is 12.5. The second-order valence-corrected chi connectivity index (χ2v) is 11.0. The van der Waals surface area contributed by atoms with Gasteiger partial charge in [-0.2, -0.15) is 8.42 Å². The van der Waals surface area contributed by atoms with E-state index in [0.29, 0.717) is 10.7 Å². The summed E-state index contributed by atoms with van der Waals surface area (Å²) in [5, 5.41) is 20.3. The van der Waals surface area contributed by atoms with E-state index in [0.717, 1.165) is 17.4 Å². The molecule has 1 aromatic carbocycles. The number of nitrogens with one attached hydrogen (secondary N) is 1. The Morgan fingerprint density at radius 1 is 1.33 bits per heavy atom. The van der Waals surface area contributed by atoms with Crippen LogP contribution in [0.3, 0.4) is 0 Å². The van der Waals surface area contributed by atoms with Gasteiger partial charge in [0.2, 0.25) is 0 Å². The quantitative estimate of drug-likeness (QED) is 0.425. The van der Waals surface area contributed by atoms with Crippen molar-refractivity contribution in [1.82, 2.24) is 15.8 Å². The SMILES string of the molecule is CCCCN(C[C@H]1Cc2c(cc(O)c(N3CC(=O)NS3(=O)=O)c2F)N1C(=O)O)C(=O)OC(C)(C)C.N. The minimum Gasteiger partial charge on any atom is -0.506 e. The van der Waals surface area contributed by atoms with Crippen LogP contribution in [0, 0.1) is 5.82 Å². The molecule has 15 heteroatoms. The van der Waals surface area contributed by atoms with E-state index in [1.54, 1.807) is 25.5 Å². The van der Waals surface area contributed by atoms with E-state index in [2.05, 4.69) is 0 Å². The Bertz CT molecular complexity index is 1150. The highest BCUT2D eigenvalue weighted by atomic mass is 32.2.